The topological polar surface area (TPSA) is 75.7 Å². The normalized spacial score (nSPS) is 11.3. The molecule has 7 heteroatoms. The zero-order chi connectivity index (χ0) is 19.0. The van der Waals surface area contributed by atoms with E-state index in [-0.39, 0.29) is 23.8 Å². The van der Waals surface area contributed by atoms with Gasteiger partial charge in [0.25, 0.3) is 0 Å². The van der Waals surface area contributed by atoms with Gasteiger partial charge in [0.15, 0.2) is 0 Å². The van der Waals surface area contributed by atoms with E-state index in [1.54, 1.807) is 54.6 Å². The highest BCUT2D eigenvalue weighted by Gasteiger charge is 2.20. The smallest absolute Gasteiger partial charge is 0.242 e. The summed E-state index contributed by atoms with van der Waals surface area (Å²) in [6, 6.07) is 15.4. The van der Waals surface area contributed by atoms with Crippen LogP contribution in [0.1, 0.15) is 19.8 Å². The number of hydrogen-bond acceptors (Lipinski definition) is 4. The Labute approximate surface area is 154 Å². The van der Waals surface area contributed by atoms with Gasteiger partial charge in [-0.25, -0.2) is 12.7 Å². The molecule has 0 unspecified atom stereocenters. The summed E-state index contributed by atoms with van der Waals surface area (Å²) < 4.78 is 31.4. The van der Waals surface area contributed by atoms with Crippen molar-refractivity contribution in [2.45, 2.75) is 24.7 Å². The van der Waals surface area contributed by atoms with E-state index in [2.05, 4.69) is 5.32 Å². The average Bonchev–Trinajstić information content (AvgIpc) is 2.64. The van der Waals surface area contributed by atoms with Crippen LogP contribution in [0.2, 0.25) is 0 Å². The molecule has 0 atom stereocenters. The van der Waals surface area contributed by atoms with E-state index in [0.29, 0.717) is 18.7 Å². The molecule has 6 nitrogen and oxygen atoms in total. The van der Waals surface area contributed by atoms with Gasteiger partial charge in [-0.15, -0.1) is 0 Å². The third-order valence-corrected chi connectivity index (χ3v) is 5.65. The fourth-order valence-corrected chi connectivity index (χ4v) is 3.61. The van der Waals surface area contributed by atoms with Crippen LogP contribution >= 0.6 is 0 Å². The van der Waals surface area contributed by atoms with Crippen LogP contribution in [0.3, 0.4) is 0 Å². The minimum absolute atomic E-state index is 0.153. The average molecular weight is 376 g/mol. The minimum atomic E-state index is -3.52. The van der Waals surface area contributed by atoms with Crippen LogP contribution in [0.4, 0.5) is 5.69 Å². The van der Waals surface area contributed by atoms with Crippen LogP contribution in [0.5, 0.6) is 5.75 Å². The Morgan fingerprint density at radius 2 is 1.73 bits per heavy atom. The molecule has 0 aromatic heterocycles. The first-order valence-corrected chi connectivity index (χ1v) is 9.91. The summed E-state index contributed by atoms with van der Waals surface area (Å²) in [5.74, 6) is 0.595. The number of rotatable bonds is 9. The molecule has 2 aromatic carbocycles. The minimum Gasteiger partial charge on any atom is -0.494 e. The first-order chi connectivity index (χ1) is 12.4. The number of amides is 1. The molecular formula is C19H24N2O4S. The molecule has 0 fully saturated rings. The predicted octanol–water partition coefficient (Wildman–Crippen LogP) is 3.12. The van der Waals surface area contributed by atoms with Crippen molar-refractivity contribution in [1.29, 1.82) is 0 Å². The van der Waals surface area contributed by atoms with E-state index in [1.807, 2.05) is 6.92 Å². The Kier molecular flexibility index (Phi) is 7.17. The highest BCUT2D eigenvalue weighted by atomic mass is 32.2. The quantitative estimate of drug-likeness (QED) is 0.730. The van der Waals surface area contributed by atoms with Gasteiger partial charge >= 0.3 is 0 Å². The molecule has 0 bridgehead atoms. The second-order valence-corrected chi connectivity index (χ2v) is 7.79. The molecule has 0 aliphatic heterocycles. The molecule has 0 spiro atoms. The van der Waals surface area contributed by atoms with E-state index in [4.69, 9.17) is 4.74 Å². The van der Waals surface area contributed by atoms with E-state index in [9.17, 15) is 13.2 Å². The largest absolute Gasteiger partial charge is 0.494 e. The maximum atomic E-state index is 12.4. The van der Waals surface area contributed by atoms with Crippen LogP contribution in [-0.2, 0) is 14.8 Å². The molecule has 0 radical (unpaired) electrons. The molecule has 1 amide bonds. The number of benzene rings is 2. The second-order valence-electron chi connectivity index (χ2n) is 5.75. The lowest BCUT2D eigenvalue weighted by Gasteiger charge is -2.17. The van der Waals surface area contributed by atoms with Gasteiger partial charge in [0.1, 0.15) is 5.75 Å². The lowest BCUT2D eigenvalue weighted by molar-refractivity contribution is -0.116. The second kappa shape index (κ2) is 9.35. The lowest BCUT2D eigenvalue weighted by Crippen LogP contribution is -2.28. The van der Waals surface area contributed by atoms with Crippen LogP contribution in [0.15, 0.2) is 59.5 Å². The molecule has 1 N–H and O–H groups in total. The first-order valence-electron chi connectivity index (χ1n) is 8.47. The summed E-state index contributed by atoms with van der Waals surface area (Å²) in [6.45, 7) is 2.77. The summed E-state index contributed by atoms with van der Waals surface area (Å²) in [5, 5.41) is 2.79. The Morgan fingerprint density at radius 3 is 2.35 bits per heavy atom. The van der Waals surface area contributed by atoms with Gasteiger partial charge in [-0.05, 0) is 49.7 Å². The van der Waals surface area contributed by atoms with E-state index < -0.39 is 10.0 Å². The van der Waals surface area contributed by atoms with Crippen LogP contribution in [0, 0.1) is 0 Å². The SMILES string of the molecule is CCOc1ccc(NC(=O)CCCN(C)S(=O)(=O)c2ccccc2)cc1. The van der Waals surface area contributed by atoms with Crippen molar-refractivity contribution in [2.24, 2.45) is 0 Å². The number of sulfonamides is 1. The van der Waals surface area contributed by atoms with Crippen LogP contribution < -0.4 is 10.1 Å². The molecule has 2 aromatic rings. The number of hydrogen-bond donors (Lipinski definition) is 1. The number of carbonyl (C=O) groups is 1. The lowest BCUT2D eigenvalue weighted by atomic mass is 10.2. The molecule has 0 saturated heterocycles. The van der Waals surface area contributed by atoms with Gasteiger partial charge < -0.3 is 10.1 Å². The maximum Gasteiger partial charge on any atom is 0.242 e. The Hall–Kier alpha value is -2.38. The highest BCUT2D eigenvalue weighted by Crippen LogP contribution is 2.17. The van der Waals surface area contributed by atoms with Crippen molar-refractivity contribution >= 4 is 21.6 Å². The van der Waals surface area contributed by atoms with Gasteiger partial charge in [-0.2, -0.15) is 0 Å². The zero-order valence-corrected chi connectivity index (χ0v) is 15.8. The summed E-state index contributed by atoms with van der Waals surface area (Å²) in [5.41, 5.74) is 0.684. The van der Waals surface area contributed by atoms with E-state index in [1.165, 1.54) is 11.4 Å². The summed E-state index contributed by atoms with van der Waals surface area (Å²) in [6.07, 6.45) is 0.674. The van der Waals surface area contributed by atoms with Crippen molar-refractivity contribution < 1.29 is 17.9 Å². The third-order valence-electron chi connectivity index (χ3n) is 3.78. The van der Waals surface area contributed by atoms with Crippen molar-refractivity contribution in [3.8, 4) is 5.75 Å². The molecular weight excluding hydrogens is 352 g/mol. The fourth-order valence-electron chi connectivity index (χ4n) is 2.38. The predicted molar refractivity (Wildman–Crippen MR) is 102 cm³/mol. The molecule has 0 saturated carbocycles. The fraction of sp³-hybridized carbons (Fsp3) is 0.316. The van der Waals surface area contributed by atoms with Gasteiger partial charge in [0.05, 0.1) is 11.5 Å². The standard InChI is InChI=1S/C19H24N2O4S/c1-3-25-17-13-11-16(12-14-17)20-19(22)10-7-15-21(2)26(23,24)18-8-5-4-6-9-18/h4-6,8-9,11-14H,3,7,10,15H2,1-2H3,(H,20,22). The third kappa shape index (κ3) is 5.57. The van der Waals surface area contributed by atoms with Crippen LogP contribution in [0.25, 0.3) is 0 Å². The number of ether oxygens (including phenoxy) is 1. The monoisotopic (exact) mass is 376 g/mol. The molecule has 140 valence electrons. The van der Waals surface area contributed by atoms with Gasteiger partial charge in [0.2, 0.25) is 15.9 Å². The summed E-state index contributed by atoms with van der Waals surface area (Å²) in [4.78, 5) is 12.3. The number of nitrogens with zero attached hydrogens (tertiary/aromatic N) is 1. The molecule has 0 heterocycles. The van der Waals surface area contributed by atoms with E-state index >= 15 is 0 Å². The van der Waals surface area contributed by atoms with Crippen molar-refractivity contribution in [3.05, 3.63) is 54.6 Å². The zero-order valence-electron chi connectivity index (χ0n) is 15.0. The van der Waals surface area contributed by atoms with Crippen LogP contribution in [-0.4, -0.2) is 38.8 Å². The Morgan fingerprint density at radius 1 is 1.08 bits per heavy atom. The van der Waals surface area contributed by atoms with Gasteiger partial charge in [0, 0.05) is 25.7 Å². The first kappa shape index (κ1) is 19.9. The summed E-state index contributed by atoms with van der Waals surface area (Å²) in [7, 11) is -2.00. The van der Waals surface area contributed by atoms with Gasteiger partial charge in [-0.1, -0.05) is 18.2 Å². The number of anilines is 1. The molecule has 26 heavy (non-hydrogen) atoms. The van der Waals surface area contributed by atoms with Crippen molar-refractivity contribution in [1.82, 2.24) is 4.31 Å². The van der Waals surface area contributed by atoms with Gasteiger partial charge in [-0.3, -0.25) is 4.79 Å². The Bertz CT molecular complexity index is 805. The Balaban J connectivity index is 1.80. The molecule has 0 aliphatic carbocycles. The highest BCUT2D eigenvalue weighted by molar-refractivity contribution is 7.89. The van der Waals surface area contributed by atoms with Crippen molar-refractivity contribution in [3.63, 3.8) is 0 Å². The number of carbonyl (C=O) groups excluding carboxylic acids is 1. The molecule has 2 rings (SSSR count). The van der Waals surface area contributed by atoms with E-state index in [0.717, 1.165) is 5.75 Å². The molecule has 0 aliphatic rings. The number of nitrogens with one attached hydrogen (secondary N) is 1. The maximum absolute atomic E-state index is 12.4. The van der Waals surface area contributed by atoms with Crippen molar-refractivity contribution in [2.75, 3.05) is 25.5 Å². The summed E-state index contributed by atoms with van der Waals surface area (Å²) >= 11 is 0.